The number of nitrogens with one attached hydrogen (secondary N) is 2. The zero-order chi connectivity index (χ0) is 24.1. The Morgan fingerprint density at radius 2 is 2.06 bits per heavy atom. The van der Waals surface area contributed by atoms with Crippen molar-refractivity contribution in [1.29, 1.82) is 0 Å². The fraction of sp³-hybridized carbons (Fsp3) is 0.458. The maximum absolute atomic E-state index is 12.0. The summed E-state index contributed by atoms with van der Waals surface area (Å²) in [6.07, 6.45) is 5.86. The van der Waals surface area contributed by atoms with Gasteiger partial charge in [-0.15, -0.1) is 0 Å². The van der Waals surface area contributed by atoms with Crippen molar-refractivity contribution in [2.75, 3.05) is 49.3 Å². The minimum Gasteiger partial charge on any atom is -0.396 e. The van der Waals surface area contributed by atoms with Crippen LogP contribution in [0.25, 0.3) is 5.65 Å². The molecule has 0 saturated carbocycles. The third kappa shape index (κ3) is 5.86. The molecule has 34 heavy (non-hydrogen) atoms. The molecule has 9 nitrogen and oxygen atoms in total. The molecule has 2 aromatic heterocycles. The molecule has 3 aromatic rings. The van der Waals surface area contributed by atoms with Gasteiger partial charge in [0.2, 0.25) is 5.91 Å². The van der Waals surface area contributed by atoms with Gasteiger partial charge in [-0.3, -0.25) is 4.79 Å². The molecule has 0 aliphatic carbocycles. The smallest absolute Gasteiger partial charge is 0.238 e. The van der Waals surface area contributed by atoms with Crippen LogP contribution in [-0.2, 0) is 11.3 Å². The number of anilines is 3. The number of carbonyl (C=O) groups is 1. The highest BCUT2D eigenvalue weighted by Gasteiger charge is 2.24. The fourth-order valence-electron chi connectivity index (χ4n) is 4.33. The predicted molar refractivity (Wildman–Crippen MR) is 138 cm³/mol. The number of benzene rings is 1. The largest absolute Gasteiger partial charge is 0.396 e. The molecule has 1 aliphatic heterocycles. The quantitative estimate of drug-likeness (QED) is 0.391. The molecule has 0 spiro atoms. The van der Waals surface area contributed by atoms with Gasteiger partial charge in [0, 0.05) is 37.5 Å². The summed E-state index contributed by atoms with van der Waals surface area (Å²) in [4.78, 5) is 21.0. The number of aliphatic hydroxyl groups is 1. The SMILES string of the molecule is CN(C)CC(=O)Nc1ccc(CNc2cc(N3CCCCC3CCO)nc3c(Br)cnn23)cc1. The van der Waals surface area contributed by atoms with Gasteiger partial charge in [0.1, 0.15) is 11.6 Å². The van der Waals surface area contributed by atoms with Crippen LogP contribution in [0.15, 0.2) is 41.0 Å². The van der Waals surface area contributed by atoms with Gasteiger partial charge in [-0.2, -0.15) is 9.61 Å². The Hall–Kier alpha value is -2.69. The van der Waals surface area contributed by atoms with Crippen molar-refractivity contribution in [3.05, 3.63) is 46.6 Å². The Bertz CT molecular complexity index is 1110. The molecule has 1 fully saturated rings. The third-order valence-corrected chi connectivity index (χ3v) is 6.53. The number of amides is 1. The van der Waals surface area contributed by atoms with Gasteiger partial charge in [-0.1, -0.05) is 12.1 Å². The first-order chi connectivity index (χ1) is 16.4. The second-order valence-electron chi connectivity index (χ2n) is 8.92. The zero-order valence-corrected chi connectivity index (χ0v) is 21.3. The van der Waals surface area contributed by atoms with Crippen LogP contribution in [0, 0.1) is 0 Å². The molecular formula is C24H32BrN7O2. The molecule has 3 N–H and O–H groups in total. The topological polar surface area (TPSA) is 98.0 Å². The summed E-state index contributed by atoms with van der Waals surface area (Å²) >= 11 is 3.57. The van der Waals surface area contributed by atoms with Crippen LogP contribution < -0.4 is 15.5 Å². The summed E-state index contributed by atoms with van der Waals surface area (Å²) in [6, 6.07) is 10.2. The second-order valence-corrected chi connectivity index (χ2v) is 9.77. The van der Waals surface area contributed by atoms with Gasteiger partial charge in [0.05, 0.1) is 17.2 Å². The summed E-state index contributed by atoms with van der Waals surface area (Å²) in [5.41, 5.74) is 2.62. The molecule has 10 heteroatoms. The van der Waals surface area contributed by atoms with E-state index in [0.717, 1.165) is 58.8 Å². The Kier molecular flexibility index (Phi) is 8.02. The van der Waals surface area contributed by atoms with E-state index >= 15 is 0 Å². The number of hydrogen-bond donors (Lipinski definition) is 3. The van der Waals surface area contributed by atoms with E-state index in [2.05, 4.69) is 36.6 Å². The first kappa shape index (κ1) is 24.4. The van der Waals surface area contributed by atoms with Gasteiger partial charge < -0.3 is 25.5 Å². The number of halogens is 1. The molecule has 1 unspecified atom stereocenters. The maximum atomic E-state index is 12.0. The molecule has 4 rings (SSSR count). The van der Waals surface area contributed by atoms with Crippen LogP contribution >= 0.6 is 15.9 Å². The van der Waals surface area contributed by atoms with Gasteiger partial charge in [-0.05, 0) is 73.4 Å². The number of fused-ring (bicyclic) bond motifs is 1. The number of likely N-dealkylation sites (N-methyl/N-ethyl adjacent to an activating group) is 1. The van der Waals surface area contributed by atoms with Crippen molar-refractivity contribution in [3.63, 3.8) is 0 Å². The van der Waals surface area contributed by atoms with Crippen LogP contribution in [-0.4, -0.2) is 70.3 Å². The first-order valence-electron chi connectivity index (χ1n) is 11.6. The lowest BCUT2D eigenvalue weighted by Crippen LogP contribution is -2.40. The average molecular weight is 530 g/mol. The van der Waals surface area contributed by atoms with Gasteiger partial charge in [0.25, 0.3) is 0 Å². The van der Waals surface area contributed by atoms with E-state index in [1.165, 1.54) is 6.42 Å². The van der Waals surface area contributed by atoms with E-state index < -0.39 is 0 Å². The minimum absolute atomic E-state index is 0.0379. The molecule has 0 bridgehead atoms. The molecule has 1 aromatic carbocycles. The van der Waals surface area contributed by atoms with Crippen molar-refractivity contribution < 1.29 is 9.90 Å². The standard InChI is InChI=1S/C24H32BrN7O2/c1-30(2)16-23(34)28-18-8-6-17(7-9-18)14-26-21-13-22(29-24-20(25)15-27-32(21)24)31-11-4-3-5-19(31)10-12-33/h6-9,13,15,19,26,33H,3-5,10-12,14,16H2,1-2H3,(H,28,34). The Morgan fingerprint density at radius 1 is 1.26 bits per heavy atom. The van der Waals surface area contributed by atoms with E-state index in [4.69, 9.17) is 4.98 Å². The third-order valence-electron chi connectivity index (χ3n) is 5.97. The van der Waals surface area contributed by atoms with E-state index in [-0.39, 0.29) is 12.5 Å². The summed E-state index contributed by atoms with van der Waals surface area (Å²) in [5.74, 6) is 1.71. The van der Waals surface area contributed by atoms with Crippen LogP contribution in [0.5, 0.6) is 0 Å². The maximum Gasteiger partial charge on any atom is 0.238 e. The second kappa shape index (κ2) is 11.2. The number of piperidine rings is 1. The molecule has 1 amide bonds. The van der Waals surface area contributed by atoms with Crippen molar-refractivity contribution in [2.45, 2.75) is 38.3 Å². The molecule has 3 heterocycles. The summed E-state index contributed by atoms with van der Waals surface area (Å²) in [6.45, 7) is 2.05. The number of hydrogen-bond acceptors (Lipinski definition) is 7. The normalized spacial score (nSPS) is 16.3. The van der Waals surface area contributed by atoms with E-state index in [9.17, 15) is 9.90 Å². The lowest BCUT2D eigenvalue weighted by atomic mass is 9.99. The minimum atomic E-state index is -0.0379. The molecule has 182 valence electrons. The van der Waals surface area contributed by atoms with Crippen LogP contribution in [0.4, 0.5) is 17.3 Å². The first-order valence-corrected chi connectivity index (χ1v) is 12.4. The molecule has 1 saturated heterocycles. The number of carbonyl (C=O) groups excluding carboxylic acids is 1. The van der Waals surface area contributed by atoms with Crippen LogP contribution in [0.1, 0.15) is 31.2 Å². The monoisotopic (exact) mass is 529 g/mol. The molecule has 0 radical (unpaired) electrons. The molecule has 1 aliphatic rings. The van der Waals surface area contributed by atoms with Gasteiger partial charge >= 0.3 is 0 Å². The van der Waals surface area contributed by atoms with Crippen LogP contribution in [0.3, 0.4) is 0 Å². The van der Waals surface area contributed by atoms with Crippen molar-refractivity contribution in [3.8, 4) is 0 Å². The van der Waals surface area contributed by atoms with E-state index in [1.807, 2.05) is 49.3 Å². The number of aliphatic hydroxyl groups excluding tert-OH is 1. The fourth-order valence-corrected chi connectivity index (χ4v) is 4.68. The highest BCUT2D eigenvalue weighted by molar-refractivity contribution is 9.10. The van der Waals surface area contributed by atoms with Gasteiger partial charge in [-0.25, -0.2) is 4.98 Å². The van der Waals surface area contributed by atoms with Crippen molar-refractivity contribution >= 4 is 44.8 Å². The Morgan fingerprint density at radius 3 is 2.79 bits per heavy atom. The predicted octanol–water partition coefficient (Wildman–Crippen LogP) is 3.35. The van der Waals surface area contributed by atoms with E-state index in [1.54, 1.807) is 10.7 Å². The lowest BCUT2D eigenvalue weighted by Gasteiger charge is -2.36. The van der Waals surface area contributed by atoms with Gasteiger partial charge in [0.15, 0.2) is 5.65 Å². The number of rotatable bonds is 9. The van der Waals surface area contributed by atoms with Crippen molar-refractivity contribution in [1.82, 2.24) is 19.5 Å². The molecular weight excluding hydrogens is 498 g/mol. The lowest BCUT2D eigenvalue weighted by molar-refractivity contribution is -0.116. The average Bonchev–Trinajstić information content (AvgIpc) is 3.19. The Balaban J connectivity index is 1.51. The number of aromatic nitrogens is 3. The Labute approximate surface area is 208 Å². The highest BCUT2D eigenvalue weighted by Crippen LogP contribution is 2.30. The van der Waals surface area contributed by atoms with E-state index in [0.29, 0.717) is 19.1 Å². The van der Waals surface area contributed by atoms with Crippen LogP contribution in [0.2, 0.25) is 0 Å². The zero-order valence-electron chi connectivity index (χ0n) is 19.7. The molecule has 1 atom stereocenters. The summed E-state index contributed by atoms with van der Waals surface area (Å²) in [5, 5.41) is 20.4. The summed E-state index contributed by atoms with van der Waals surface area (Å²) < 4.78 is 2.64. The highest BCUT2D eigenvalue weighted by atomic mass is 79.9. The van der Waals surface area contributed by atoms with Crippen molar-refractivity contribution in [2.24, 2.45) is 0 Å². The summed E-state index contributed by atoms with van der Waals surface area (Å²) in [7, 11) is 3.73. The number of nitrogens with zero attached hydrogens (tertiary/aromatic N) is 5.